The van der Waals surface area contributed by atoms with Crippen LogP contribution in [0.1, 0.15) is 36.0 Å². The highest BCUT2D eigenvalue weighted by Gasteiger charge is 2.32. The van der Waals surface area contributed by atoms with Crippen molar-refractivity contribution in [3.63, 3.8) is 0 Å². The number of benzene rings is 1. The van der Waals surface area contributed by atoms with Crippen LogP contribution in [0.2, 0.25) is 0 Å². The predicted molar refractivity (Wildman–Crippen MR) is 84.5 cm³/mol. The normalized spacial score (nSPS) is 18.4. The van der Waals surface area contributed by atoms with Gasteiger partial charge in [0.25, 0.3) is 0 Å². The highest BCUT2D eigenvalue weighted by Crippen LogP contribution is 2.18. The first-order chi connectivity index (χ1) is 10.4. The first-order valence-corrected chi connectivity index (χ1v) is 9.38. The minimum atomic E-state index is -3.09. The van der Waals surface area contributed by atoms with E-state index in [1.807, 2.05) is 18.2 Å². The second-order valence-electron chi connectivity index (χ2n) is 5.72. The molecule has 1 saturated heterocycles. The van der Waals surface area contributed by atoms with E-state index in [1.165, 1.54) is 6.26 Å². The molecule has 1 aliphatic heterocycles. The van der Waals surface area contributed by atoms with Crippen molar-refractivity contribution in [2.75, 3.05) is 19.3 Å². The molecule has 0 N–H and O–H groups in total. The van der Waals surface area contributed by atoms with Crippen LogP contribution in [-0.2, 0) is 14.6 Å². The molecule has 0 aromatic heterocycles. The Kier molecular flexibility index (Phi) is 5.34. The number of rotatable bonds is 6. The van der Waals surface area contributed by atoms with Gasteiger partial charge in [-0.15, -0.1) is 0 Å². The van der Waals surface area contributed by atoms with Crippen LogP contribution < -0.4 is 0 Å². The standard InChI is InChI=1S/C16H21NO4S/c1-22(20,21)14-10-11-17(12-14)16(19)9-5-8-15(18)13-6-3-2-4-7-13/h2-4,6-7,14H,5,8-12H2,1H3. The minimum Gasteiger partial charge on any atom is -0.341 e. The average Bonchev–Trinajstić information content (AvgIpc) is 2.98. The number of hydrogen-bond donors (Lipinski definition) is 0. The highest BCUT2D eigenvalue weighted by molar-refractivity contribution is 7.91. The van der Waals surface area contributed by atoms with Gasteiger partial charge in [0.1, 0.15) is 0 Å². The Morgan fingerprint density at radius 1 is 1.18 bits per heavy atom. The van der Waals surface area contributed by atoms with Crippen LogP contribution in [0, 0.1) is 0 Å². The molecule has 1 aromatic rings. The number of amides is 1. The van der Waals surface area contributed by atoms with Gasteiger partial charge in [0.15, 0.2) is 15.6 Å². The maximum Gasteiger partial charge on any atom is 0.222 e. The quantitative estimate of drug-likeness (QED) is 0.747. The Morgan fingerprint density at radius 2 is 1.86 bits per heavy atom. The molecule has 1 amide bonds. The fourth-order valence-corrected chi connectivity index (χ4v) is 3.62. The molecule has 6 heteroatoms. The lowest BCUT2D eigenvalue weighted by atomic mass is 10.1. The predicted octanol–water partition coefficient (Wildman–Crippen LogP) is 1.69. The Hall–Kier alpha value is -1.69. The molecule has 1 heterocycles. The molecule has 1 atom stereocenters. The topological polar surface area (TPSA) is 71.5 Å². The Morgan fingerprint density at radius 3 is 2.45 bits per heavy atom. The van der Waals surface area contributed by atoms with Gasteiger partial charge in [0.2, 0.25) is 5.91 Å². The zero-order valence-electron chi connectivity index (χ0n) is 12.7. The molecule has 0 aliphatic carbocycles. The molecule has 120 valence electrons. The van der Waals surface area contributed by atoms with E-state index in [0.717, 1.165) is 0 Å². The highest BCUT2D eigenvalue weighted by atomic mass is 32.2. The zero-order valence-corrected chi connectivity index (χ0v) is 13.5. The van der Waals surface area contributed by atoms with E-state index >= 15 is 0 Å². The molecule has 5 nitrogen and oxygen atoms in total. The van der Waals surface area contributed by atoms with Crippen LogP contribution in [-0.4, -0.2) is 49.6 Å². The van der Waals surface area contributed by atoms with Gasteiger partial charge in [-0.05, 0) is 12.8 Å². The fourth-order valence-electron chi connectivity index (χ4n) is 2.63. The Bertz CT molecular complexity index is 639. The number of Topliss-reactive ketones (excluding diaryl/α,β-unsaturated/α-hetero) is 1. The van der Waals surface area contributed by atoms with E-state index in [-0.39, 0.29) is 24.7 Å². The summed E-state index contributed by atoms with van der Waals surface area (Å²) >= 11 is 0. The zero-order chi connectivity index (χ0) is 16.2. The molecule has 2 rings (SSSR count). The Balaban J connectivity index is 1.76. The van der Waals surface area contributed by atoms with Crippen LogP contribution in [0.4, 0.5) is 0 Å². The van der Waals surface area contributed by atoms with Crippen molar-refractivity contribution in [1.82, 2.24) is 4.90 Å². The third-order valence-corrected chi connectivity index (χ3v) is 5.59. The van der Waals surface area contributed by atoms with Crippen molar-refractivity contribution in [3.05, 3.63) is 35.9 Å². The maximum absolute atomic E-state index is 12.1. The monoisotopic (exact) mass is 323 g/mol. The SMILES string of the molecule is CS(=O)(=O)C1CCN(C(=O)CCCC(=O)c2ccccc2)C1. The molecule has 1 aromatic carbocycles. The number of carbonyl (C=O) groups is 2. The number of hydrogen-bond acceptors (Lipinski definition) is 4. The van der Waals surface area contributed by atoms with Crippen molar-refractivity contribution < 1.29 is 18.0 Å². The first-order valence-electron chi connectivity index (χ1n) is 7.43. The van der Waals surface area contributed by atoms with Crippen LogP contribution in [0.5, 0.6) is 0 Å². The summed E-state index contributed by atoms with van der Waals surface area (Å²) in [4.78, 5) is 25.6. The maximum atomic E-state index is 12.1. The molecule has 0 bridgehead atoms. The lowest BCUT2D eigenvalue weighted by molar-refractivity contribution is -0.130. The van der Waals surface area contributed by atoms with E-state index in [9.17, 15) is 18.0 Å². The summed E-state index contributed by atoms with van der Waals surface area (Å²) < 4.78 is 23.0. The molecule has 1 fully saturated rings. The van der Waals surface area contributed by atoms with Crippen LogP contribution in [0.25, 0.3) is 0 Å². The summed E-state index contributed by atoms with van der Waals surface area (Å²) in [7, 11) is -3.09. The number of carbonyl (C=O) groups excluding carboxylic acids is 2. The number of nitrogens with zero attached hydrogens (tertiary/aromatic N) is 1. The van der Waals surface area contributed by atoms with Gasteiger partial charge in [0.05, 0.1) is 5.25 Å². The van der Waals surface area contributed by atoms with Crippen LogP contribution in [0.3, 0.4) is 0 Å². The van der Waals surface area contributed by atoms with Gasteiger partial charge >= 0.3 is 0 Å². The molecular formula is C16H21NO4S. The molecular weight excluding hydrogens is 302 g/mol. The third-order valence-electron chi connectivity index (χ3n) is 3.99. The van der Waals surface area contributed by atoms with E-state index < -0.39 is 15.1 Å². The Labute approximate surface area is 131 Å². The van der Waals surface area contributed by atoms with Crippen molar-refractivity contribution >= 4 is 21.5 Å². The largest absolute Gasteiger partial charge is 0.341 e. The fraction of sp³-hybridized carbons (Fsp3) is 0.500. The van der Waals surface area contributed by atoms with Crippen molar-refractivity contribution in [2.24, 2.45) is 0 Å². The lowest BCUT2D eigenvalue weighted by Crippen LogP contribution is -2.31. The number of sulfone groups is 1. The van der Waals surface area contributed by atoms with Gasteiger partial charge < -0.3 is 4.90 Å². The molecule has 22 heavy (non-hydrogen) atoms. The molecule has 1 aliphatic rings. The second-order valence-corrected chi connectivity index (χ2v) is 8.05. The summed E-state index contributed by atoms with van der Waals surface area (Å²) in [5.74, 6) is -0.0316. The van der Waals surface area contributed by atoms with Gasteiger partial charge in [-0.3, -0.25) is 9.59 Å². The van der Waals surface area contributed by atoms with Gasteiger partial charge in [-0.1, -0.05) is 30.3 Å². The third kappa shape index (κ3) is 4.40. The second kappa shape index (κ2) is 7.05. The van der Waals surface area contributed by atoms with Crippen molar-refractivity contribution in [3.8, 4) is 0 Å². The van der Waals surface area contributed by atoms with E-state index in [2.05, 4.69) is 0 Å². The number of ketones is 1. The van der Waals surface area contributed by atoms with Gasteiger partial charge in [0, 0.05) is 37.8 Å². The van der Waals surface area contributed by atoms with Crippen LogP contribution in [0.15, 0.2) is 30.3 Å². The van der Waals surface area contributed by atoms with Crippen LogP contribution >= 0.6 is 0 Å². The van der Waals surface area contributed by atoms with E-state index in [4.69, 9.17) is 0 Å². The molecule has 0 radical (unpaired) electrons. The van der Waals surface area contributed by atoms with E-state index in [1.54, 1.807) is 17.0 Å². The summed E-state index contributed by atoms with van der Waals surface area (Å²) in [6.07, 6.45) is 2.83. The summed E-state index contributed by atoms with van der Waals surface area (Å²) in [6.45, 7) is 0.771. The molecule has 0 spiro atoms. The van der Waals surface area contributed by atoms with Crippen molar-refractivity contribution in [1.29, 1.82) is 0 Å². The van der Waals surface area contributed by atoms with Gasteiger partial charge in [-0.25, -0.2) is 8.42 Å². The van der Waals surface area contributed by atoms with E-state index in [0.29, 0.717) is 31.4 Å². The van der Waals surface area contributed by atoms with Crippen molar-refractivity contribution in [2.45, 2.75) is 30.9 Å². The smallest absolute Gasteiger partial charge is 0.222 e. The average molecular weight is 323 g/mol. The minimum absolute atomic E-state index is 0.0313. The number of likely N-dealkylation sites (tertiary alicyclic amines) is 1. The summed E-state index contributed by atoms with van der Waals surface area (Å²) in [5, 5.41) is -0.442. The lowest BCUT2D eigenvalue weighted by Gasteiger charge is -2.15. The summed E-state index contributed by atoms with van der Waals surface area (Å²) in [5.41, 5.74) is 0.660. The molecule has 0 saturated carbocycles. The first kappa shape index (κ1) is 16.7. The van der Waals surface area contributed by atoms with Gasteiger partial charge in [-0.2, -0.15) is 0 Å². The molecule has 1 unspecified atom stereocenters. The summed E-state index contributed by atoms with van der Waals surface area (Å²) in [6, 6.07) is 9.01.